The maximum absolute atomic E-state index is 9.60. The van der Waals surface area contributed by atoms with E-state index in [2.05, 4.69) is 9.73 Å². The first kappa shape index (κ1) is 45.4. The van der Waals surface area contributed by atoms with E-state index in [0.29, 0.717) is 18.9 Å². The second-order valence-corrected chi connectivity index (χ2v) is 10.1. The van der Waals surface area contributed by atoms with Gasteiger partial charge in [0.05, 0.1) is 19.7 Å². The molecule has 8 nitrogen and oxygen atoms in total. The zero-order valence-electron chi connectivity index (χ0n) is 28.6. The van der Waals surface area contributed by atoms with Crippen LogP contribution in [-0.2, 0) is 17.8 Å². The van der Waals surface area contributed by atoms with Gasteiger partial charge in [-0.1, -0.05) is 141 Å². The van der Waals surface area contributed by atoms with E-state index >= 15 is 0 Å². The zero-order chi connectivity index (χ0) is 36.2. The number of allylic oxidation sites excluding steroid dienone is 1. The Balaban J connectivity index is 0. The van der Waals surface area contributed by atoms with Crippen LogP contribution in [-0.4, -0.2) is 37.5 Å². The molecular formula is C43H49BN5O3. The first-order valence-electron chi connectivity index (χ1n) is 15.6. The highest BCUT2D eigenvalue weighted by molar-refractivity contribution is 5.95. The number of hydrogen-bond donors (Lipinski definition) is 5. The lowest BCUT2D eigenvalue weighted by Gasteiger charge is -2.00. The Morgan fingerprint density at radius 3 is 1.52 bits per heavy atom. The van der Waals surface area contributed by atoms with Gasteiger partial charge in [-0.05, 0) is 47.1 Å². The predicted octanol–water partition coefficient (Wildman–Crippen LogP) is 8.86. The lowest BCUT2D eigenvalue weighted by atomic mass is 10.2. The van der Waals surface area contributed by atoms with Crippen LogP contribution in [0.4, 0.5) is 0 Å². The fourth-order valence-electron chi connectivity index (χ4n) is 3.80. The summed E-state index contributed by atoms with van der Waals surface area (Å²) >= 11 is 0. The molecule has 0 unspecified atom stereocenters. The van der Waals surface area contributed by atoms with Crippen molar-refractivity contribution in [2.24, 2.45) is 16.5 Å². The van der Waals surface area contributed by atoms with Crippen molar-refractivity contribution in [1.82, 2.24) is 0 Å². The molecule has 0 aliphatic heterocycles. The van der Waals surface area contributed by atoms with Gasteiger partial charge < -0.3 is 26.4 Å². The highest BCUT2D eigenvalue weighted by Gasteiger charge is 1.97. The van der Waals surface area contributed by atoms with Gasteiger partial charge in [-0.2, -0.15) is 5.26 Å². The average Bonchev–Trinajstić information content (AvgIpc) is 3.17. The Bertz CT molecular complexity index is 1860. The van der Waals surface area contributed by atoms with Crippen LogP contribution in [0.3, 0.4) is 0 Å². The summed E-state index contributed by atoms with van der Waals surface area (Å²) in [6, 6.07) is 45.5. The molecule has 0 aromatic heterocycles. The molecule has 7 N–H and O–H groups in total. The summed E-state index contributed by atoms with van der Waals surface area (Å²) in [5, 5.41) is 34.0. The van der Waals surface area contributed by atoms with E-state index in [1.54, 1.807) is 48.6 Å². The monoisotopic (exact) mass is 695 g/mol. The zero-order valence-corrected chi connectivity index (χ0v) is 28.6. The number of para-hydroxylation sites is 2. The van der Waals surface area contributed by atoms with Crippen LogP contribution < -0.4 is 11.5 Å². The topological polar surface area (TPSA) is 162 Å². The number of aromatic hydroxyl groups is 2. The van der Waals surface area contributed by atoms with Crippen molar-refractivity contribution in [1.29, 1.82) is 10.7 Å². The third-order valence-electron chi connectivity index (χ3n) is 6.48. The van der Waals surface area contributed by atoms with Crippen molar-refractivity contribution in [2.45, 2.75) is 20.5 Å². The molecule has 0 spiro atoms. The van der Waals surface area contributed by atoms with E-state index in [0.717, 1.165) is 27.8 Å². The van der Waals surface area contributed by atoms with Crippen LogP contribution in [0.25, 0.3) is 18.2 Å². The average molecular weight is 696 g/mol. The number of nitrogens with zero attached hydrogens (tertiary/aromatic N) is 2. The van der Waals surface area contributed by atoms with Gasteiger partial charge in [0.15, 0.2) is 0 Å². The Morgan fingerprint density at radius 1 is 0.712 bits per heavy atom. The summed E-state index contributed by atoms with van der Waals surface area (Å²) in [5.74, 6) is 1.12. The van der Waals surface area contributed by atoms with Gasteiger partial charge >= 0.3 is 0 Å². The molecule has 5 rings (SSSR count). The Hall–Kier alpha value is -6.63. The number of rotatable bonds is 8. The van der Waals surface area contributed by atoms with E-state index in [1.165, 1.54) is 13.2 Å². The number of benzene rings is 5. The third kappa shape index (κ3) is 20.0. The van der Waals surface area contributed by atoms with Crippen molar-refractivity contribution in [3.63, 3.8) is 0 Å². The van der Waals surface area contributed by atoms with Crippen LogP contribution in [0.2, 0.25) is 0 Å². The van der Waals surface area contributed by atoms with Gasteiger partial charge in [-0.3, -0.25) is 10.4 Å². The van der Waals surface area contributed by atoms with Crippen molar-refractivity contribution in [2.75, 3.05) is 7.11 Å². The summed E-state index contributed by atoms with van der Waals surface area (Å²) < 4.78 is 4.67. The van der Waals surface area contributed by atoms with E-state index < -0.39 is 0 Å². The normalized spacial score (nSPS) is 10.1. The molecule has 52 heavy (non-hydrogen) atoms. The summed E-state index contributed by atoms with van der Waals surface area (Å²) in [6.07, 6.45) is 10.4. The number of nitriles is 1. The number of methoxy groups -OCH3 is 1. The first-order chi connectivity index (χ1) is 24.4. The van der Waals surface area contributed by atoms with E-state index in [-0.39, 0.29) is 34.7 Å². The summed E-state index contributed by atoms with van der Waals surface area (Å²) in [5.41, 5.74) is 15.8. The van der Waals surface area contributed by atoms with Crippen LogP contribution >= 0.6 is 0 Å². The third-order valence-corrected chi connectivity index (χ3v) is 6.48. The standard InChI is InChI=1S/C16H16N2O.C10H11NO.C9H7N.C7H9NO.CH4.B.H2/c17-16(11-10-13-6-2-1-3-7-13)18-12-14-8-4-5-9-15(14)19;1-12-10(11)8-7-9-5-3-2-4-6-9;10-8-4-7-9-5-2-1-3-6-9;8-5-6-3-1-2-4-7(6)9;;;/h1-11,19H,12H2,(H2,17,18);2-8,11H,1H3;1-7H;1-4,9H,5,8H2;1H4;;1H/b11-10+;8-7+,11-10?;7-4+;;;;/i;;;;;;1+1. The fraction of sp³-hybridized carbons (Fsp3) is 0.0930. The Morgan fingerprint density at radius 2 is 1.12 bits per heavy atom. The van der Waals surface area contributed by atoms with Crippen molar-refractivity contribution in [3.05, 3.63) is 186 Å². The Kier molecular flexibility index (Phi) is 24.6. The molecular weight excluding hydrogens is 645 g/mol. The molecule has 0 amide bonds. The van der Waals surface area contributed by atoms with Crippen LogP contribution in [0, 0.1) is 16.7 Å². The second kappa shape index (κ2) is 28.2. The number of phenols is 2. The molecule has 0 bridgehead atoms. The van der Waals surface area contributed by atoms with Gasteiger partial charge in [-0.25, -0.2) is 0 Å². The first-order valence-corrected chi connectivity index (χ1v) is 15.6. The van der Waals surface area contributed by atoms with Crippen LogP contribution in [0.1, 0.15) is 36.7 Å². The summed E-state index contributed by atoms with van der Waals surface area (Å²) in [6.45, 7) is 0.768. The van der Waals surface area contributed by atoms with Crippen molar-refractivity contribution in [3.8, 4) is 17.6 Å². The quantitative estimate of drug-likeness (QED) is 0.0471. The minimum atomic E-state index is 0. The molecule has 3 radical (unpaired) electrons. The number of hydrogen-bond acceptors (Lipinski definition) is 7. The number of phenolic OH excluding ortho intramolecular Hbond substituents is 2. The smallest absolute Gasteiger partial charge is 0.205 e. The Labute approximate surface area is 312 Å². The number of nitrogens with two attached hydrogens (primary N) is 2. The molecule has 0 aliphatic carbocycles. The molecule has 0 saturated carbocycles. The highest BCUT2D eigenvalue weighted by Crippen LogP contribution is 2.16. The predicted molar refractivity (Wildman–Crippen MR) is 221 cm³/mol. The van der Waals surface area contributed by atoms with E-state index in [9.17, 15) is 5.11 Å². The van der Waals surface area contributed by atoms with Gasteiger partial charge in [0.25, 0.3) is 0 Å². The van der Waals surface area contributed by atoms with E-state index in [4.69, 9.17) is 27.2 Å². The number of aliphatic imine (C=N–C) groups is 1. The summed E-state index contributed by atoms with van der Waals surface area (Å²) in [7, 11) is 1.48. The molecule has 5 aromatic carbocycles. The summed E-state index contributed by atoms with van der Waals surface area (Å²) in [4.78, 5) is 4.22. The SMILES string of the molecule is C.COC(=N)/C=C/c1ccccc1.N#C/C=C/c1ccccc1.NC(/C=C/c1ccccc1)=NCc1ccccc1O.NCc1ccccc1O.[2HH].[B]. The highest BCUT2D eigenvalue weighted by atomic mass is 16.5. The molecule has 9 heteroatoms. The van der Waals surface area contributed by atoms with Gasteiger partial charge in [-0.15, -0.1) is 0 Å². The minimum Gasteiger partial charge on any atom is -0.508 e. The number of nitrogens with one attached hydrogen (secondary N) is 1. The number of amidine groups is 1. The lowest BCUT2D eigenvalue weighted by Crippen LogP contribution is -2.07. The van der Waals surface area contributed by atoms with Crippen LogP contribution in [0.5, 0.6) is 11.5 Å². The van der Waals surface area contributed by atoms with Crippen molar-refractivity contribution >= 4 is 38.4 Å². The molecule has 0 heterocycles. The molecule has 0 fully saturated rings. The molecule has 267 valence electrons. The van der Waals surface area contributed by atoms with Crippen LogP contribution in [0.15, 0.2) is 163 Å². The number of ether oxygens (including phenoxy) is 1. The van der Waals surface area contributed by atoms with Gasteiger partial charge in [0.2, 0.25) is 5.90 Å². The van der Waals surface area contributed by atoms with Gasteiger partial charge in [0, 0.05) is 39.7 Å². The fourth-order valence-corrected chi connectivity index (χ4v) is 3.80. The minimum absolute atomic E-state index is 0. The van der Waals surface area contributed by atoms with E-state index in [1.807, 2.05) is 127 Å². The second-order valence-electron chi connectivity index (χ2n) is 10.1. The maximum atomic E-state index is 9.60. The molecule has 0 aliphatic rings. The van der Waals surface area contributed by atoms with Crippen molar-refractivity contribution < 1.29 is 16.4 Å². The maximum Gasteiger partial charge on any atom is 0.205 e. The largest absolute Gasteiger partial charge is 0.508 e. The molecule has 0 atom stereocenters. The van der Waals surface area contributed by atoms with Gasteiger partial charge in [0.1, 0.15) is 17.3 Å². The lowest BCUT2D eigenvalue weighted by molar-refractivity contribution is 0.403. The molecule has 0 saturated heterocycles. The molecule has 5 aromatic rings.